The van der Waals surface area contributed by atoms with Crippen LogP contribution in [0.1, 0.15) is 41.1 Å². The molecule has 34 heavy (non-hydrogen) atoms. The Bertz CT molecular complexity index is 1190. The number of benzene rings is 2. The number of hydrogen-bond donors (Lipinski definition) is 2. The average molecular weight is 502 g/mol. The predicted molar refractivity (Wildman–Crippen MR) is 132 cm³/mol. The van der Waals surface area contributed by atoms with Crippen molar-refractivity contribution in [2.45, 2.75) is 38.3 Å². The van der Waals surface area contributed by atoms with Crippen LogP contribution in [0.25, 0.3) is 11.3 Å². The van der Waals surface area contributed by atoms with Crippen LogP contribution < -0.4 is 5.73 Å². The van der Waals surface area contributed by atoms with Crippen molar-refractivity contribution in [1.29, 1.82) is 0 Å². The standard InChI is InChI=1S/C26H26Cl2FN3O2/c1-15-11-17(29)5-6-19(15)22-12-16(14-32-9-7-18(33)8-10-32)13-23(31-22)25(26(30)34)24-20(27)3-2-4-21(24)28/h2-6,11-13,18,25,33H,7-10,14H2,1H3,(H2,30,34). The van der Waals surface area contributed by atoms with Crippen molar-refractivity contribution in [2.75, 3.05) is 13.1 Å². The van der Waals surface area contributed by atoms with Crippen LogP contribution in [0.5, 0.6) is 0 Å². The first-order valence-corrected chi connectivity index (χ1v) is 11.9. The lowest BCUT2D eigenvalue weighted by Crippen LogP contribution is -2.35. The molecule has 0 radical (unpaired) electrons. The van der Waals surface area contributed by atoms with Crippen molar-refractivity contribution in [3.05, 3.63) is 86.8 Å². The molecule has 5 nitrogen and oxygen atoms in total. The molecular weight excluding hydrogens is 476 g/mol. The Hall–Kier alpha value is -2.51. The van der Waals surface area contributed by atoms with Gasteiger partial charge in [0.25, 0.3) is 0 Å². The SMILES string of the molecule is Cc1cc(F)ccc1-c1cc(CN2CCC(O)CC2)cc(C(C(N)=O)c2c(Cl)cccc2Cl)n1. The molecule has 4 rings (SSSR count). The molecular formula is C26H26Cl2FN3O2. The number of piperidine rings is 1. The quantitative estimate of drug-likeness (QED) is 0.493. The Morgan fingerprint density at radius 2 is 1.85 bits per heavy atom. The van der Waals surface area contributed by atoms with Gasteiger partial charge >= 0.3 is 0 Å². The zero-order valence-electron chi connectivity index (χ0n) is 18.8. The second kappa shape index (κ2) is 10.4. The number of amides is 1. The third-order valence-corrected chi connectivity index (χ3v) is 6.86. The number of aliphatic hydroxyl groups excluding tert-OH is 1. The summed E-state index contributed by atoms with van der Waals surface area (Å²) in [6.45, 7) is 3.95. The number of pyridine rings is 1. The second-order valence-corrected chi connectivity index (χ2v) is 9.54. The van der Waals surface area contributed by atoms with E-state index in [1.807, 2.05) is 19.1 Å². The molecule has 2 heterocycles. The van der Waals surface area contributed by atoms with E-state index in [1.165, 1.54) is 12.1 Å². The van der Waals surface area contributed by atoms with Gasteiger partial charge in [0.15, 0.2) is 0 Å². The summed E-state index contributed by atoms with van der Waals surface area (Å²) >= 11 is 12.9. The molecule has 1 aromatic heterocycles. The molecule has 1 amide bonds. The van der Waals surface area contributed by atoms with Crippen LogP contribution in [0.15, 0.2) is 48.5 Å². The summed E-state index contributed by atoms with van der Waals surface area (Å²) in [5.74, 6) is -1.91. The van der Waals surface area contributed by atoms with Gasteiger partial charge in [-0.25, -0.2) is 4.39 Å². The molecule has 0 aliphatic carbocycles. The first kappa shape index (κ1) is 24.6. The van der Waals surface area contributed by atoms with Gasteiger partial charge in [-0.1, -0.05) is 29.3 Å². The summed E-state index contributed by atoms with van der Waals surface area (Å²) < 4.78 is 13.8. The number of likely N-dealkylation sites (tertiary alicyclic amines) is 1. The fraction of sp³-hybridized carbons (Fsp3) is 0.308. The molecule has 178 valence electrons. The maximum absolute atomic E-state index is 13.8. The van der Waals surface area contributed by atoms with E-state index in [2.05, 4.69) is 4.90 Å². The molecule has 3 aromatic rings. The highest BCUT2D eigenvalue weighted by atomic mass is 35.5. The highest BCUT2D eigenvalue weighted by molar-refractivity contribution is 6.36. The molecule has 3 N–H and O–H groups in total. The zero-order valence-corrected chi connectivity index (χ0v) is 20.3. The second-order valence-electron chi connectivity index (χ2n) is 8.72. The molecule has 1 unspecified atom stereocenters. The maximum Gasteiger partial charge on any atom is 0.231 e. The lowest BCUT2D eigenvalue weighted by molar-refractivity contribution is -0.118. The van der Waals surface area contributed by atoms with Gasteiger partial charge in [-0.15, -0.1) is 0 Å². The first-order valence-electron chi connectivity index (χ1n) is 11.1. The molecule has 1 fully saturated rings. The van der Waals surface area contributed by atoms with Crippen LogP contribution in [-0.4, -0.2) is 40.1 Å². The number of aromatic nitrogens is 1. The Balaban J connectivity index is 1.84. The molecule has 1 aliphatic heterocycles. The summed E-state index contributed by atoms with van der Waals surface area (Å²) in [5.41, 5.74) is 9.69. The maximum atomic E-state index is 13.8. The van der Waals surface area contributed by atoms with Gasteiger partial charge in [-0.3, -0.25) is 14.7 Å². The van der Waals surface area contributed by atoms with Crippen molar-refractivity contribution >= 4 is 29.1 Å². The number of aryl methyl sites for hydroxylation is 1. The fourth-order valence-electron chi connectivity index (χ4n) is 4.46. The molecule has 0 bridgehead atoms. The molecule has 1 atom stereocenters. The van der Waals surface area contributed by atoms with Crippen LogP contribution in [0.4, 0.5) is 4.39 Å². The molecule has 8 heteroatoms. The van der Waals surface area contributed by atoms with Crippen LogP contribution in [-0.2, 0) is 11.3 Å². The molecule has 1 aliphatic rings. The van der Waals surface area contributed by atoms with E-state index in [1.54, 1.807) is 24.3 Å². The van der Waals surface area contributed by atoms with Gasteiger partial charge in [0.05, 0.1) is 17.5 Å². The summed E-state index contributed by atoms with van der Waals surface area (Å²) in [7, 11) is 0. The van der Waals surface area contributed by atoms with Crippen LogP contribution >= 0.6 is 23.2 Å². The Morgan fingerprint density at radius 1 is 1.18 bits per heavy atom. The number of rotatable bonds is 6. The molecule has 0 spiro atoms. The van der Waals surface area contributed by atoms with E-state index in [4.69, 9.17) is 33.9 Å². The van der Waals surface area contributed by atoms with Crippen LogP contribution in [0.3, 0.4) is 0 Å². The van der Waals surface area contributed by atoms with E-state index >= 15 is 0 Å². The third kappa shape index (κ3) is 5.41. The number of hydrogen-bond acceptors (Lipinski definition) is 4. The minimum absolute atomic E-state index is 0.275. The highest BCUT2D eigenvalue weighted by Crippen LogP contribution is 2.36. The van der Waals surface area contributed by atoms with Crippen LogP contribution in [0.2, 0.25) is 10.0 Å². The fourth-order valence-corrected chi connectivity index (χ4v) is 5.08. The first-order chi connectivity index (χ1) is 16.2. The topological polar surface area (TPSA) is 79.5 Å². The average Bonchev–Trinajstić information content (AvgIpc) is 2.77. The summed E-state index contributed by atoms with van der Waals surface area (Å²) in [6, 6.07) is 13.3. The summed E-state index contributed by atoms with van der Waals surface area (Å²) in [6.07, 6.45) is 1.14. The van der Waals surface area contributed by atoms with Crippen molar-refractivity contribution in [3.8, 4) is 11.3 Å². The van der Waals surface area contributed by atoms with Gasteiger partial charge in [0.2, 0.25) is 5.91 Å². The van der Waals surface area contributed by atoms with Crippen molar-refractivity contribution in [1.82, 2.24) is 9.88 Å². The summed E-state index contributed by atoms with van der Waals surface area (Å²) in [5, 5.41) is 10.5. The molecule has 2 aromatic carbocycles. The minimum atomic E-state index is -0.955. The minimum Gasteiger partial charge on any atom is -0.393 e. The number of carbonyl (C=O) groups excluding carboxylic acids is 1. The number of halogens is 3. The largest absolute Gasteiger partial charge is 0.393 e. The number of primary amides is 1. The normalized spacial score (nSPS) is 15.9. The Morgan fingerprint density at radius 3 is 2.47 bits per heavy atom. The number of nitrogens with zero attached hydrogens (tertiary/aromatic N) is 2. The number of nitrogens with two attached hydrogens (primary N) is 1. The van der Waals surface area contributed by atoms with Crippen molar-refractivity contribution < 1.29 is 14.3 Å². The number of carbonyl (C=O) groups is 1. The van der Waals surface area contributed by atoms with E-state index in [0.29, 0.717) is 46.4 Å². The monoisotopic (exact) mass is 501 g/mol. The van der Waals surface area contributed by atoms with Gasteiger partial charge in [0.1, 0.15) is 11.7 Å². The van der Waals surface area contributed by atoms with Gasteiger partial charge < -0.3 is 10.8 Å². The zero-order chi connectivity index (χ0) is 24.4. The lowest BCUT2D eigenvalue weighted by Gasteiger charge is -2.30. The number of aliphatic hydroxyl groups is 1. The molecule has 0 saturated carbocycles. The third-order valence-electron chi connectivity index (χ3n) is 6.20. The highest BCUT2D eigenvalue weighted by Gasteiger charge is 2.28. The van der Waals surface area contributed by atoms with E-state index in [0.717, 1.165) is 29.8 Å². The lowest BCUT2D eigenvalue weighted by atomic mass is 9.92. The Kier molecular flexibility index (Phi) is 7.53. The summed E-state index contributed by atoms with van der Waals surface area (Å²) in [4.78, 5) is 19.7. The van der Waals surface area contributed by atoms with E-state index in [-0.39, 0.29) is 11.9 Å². The molecule has 1 saturated heterocycles. The van der Waals surface area contributed by atoms with E-state index in [9.17, 15) is 14.3 Å². The predicted octanol–water partition coefficient (Wildman–Crippen LogP) is 5.08. The van der Waals surface area contributed by atoms with Gasteiger partial charge in [-0.2, -0.15) is 0 Å². The van der Waals surface area contributed by atoms with Gasteiger partial charge in [-0.05, 0) is 73.4 Å². The van der Waals surface area contributed by atoms with Crippen molar-refractivity contribution in [3.63, 3.8) is 0 Å². The van der Waals surface area contributed by atoms with Crippen LogP contribution in [0, 0.1) is 12.7 Å². The van der Waals surface area contributed by atoms with Crippen molar-refractivity contribution in [2.24, 2.45) is 5.73 Å². The Labute approximate surface area is 208 Å². The smallest absolute Gasteiger partial charge is 0.231 e. The van der Waals surface area contributed by atoms with E-state index < -0.39 is 11.8 Å². The van der Waals surface area contributed by atoms with Gasteiger partial charge in [0, 0.05) is 40.8 Å².